The molecule has 0 saturated heterocycles. The molecule has 1 N–H and O–H groups in total. The lowest BCUT2D eigenvalue weighted by atomic mass is 9.85. The van der Waals surface area contributed by atoms with Gasteiger partial charge in [0.25, 0.3) is 5.56 Å². The van der Waals surface area contributed by atoms with Crippen molar-refractivity contribution < 1.29 is 9.50 Å². The van der Waals surface area contributed by atoms with Crippen LogP contribution in [0.25, 0.3) is 16.6 Å². The zero-order valence-electron chi connectivity index (χ0n) is 19.1. The van der Waals surface area contributed by atoms with Gasteiger partial charge in [0.2, 0.25) is 0 Å². The summed E-state index contributed by atoms with van der Waals surface area (Å²) in [6.45, 7) is 7.91. The van der Waals surface area contributed by atoms with Gasteiger partial charge in [0.1, 0.15) is 18.2 Å². The molecule has 1 aliphatic carbocycles. The molecule has 2 atom stereocenters. The molecule has 0 bridgehead atoms. The maximum absolute atomic E-state index is 14.2. The monoisotopic (exact) mass is 442 g/mol. The Balaban J connectivity index is 2.20. The second-order valence-corrected chi connectivity index (χ2v) is 9.10. The Morgan fingerprint density at radius 2 is 1.91 bits per heavy atom. The first-order valence-electron chi connectivity index (χ1n) is 11.5. The molecule has 4 rings (SSSR count). The molecule has 0 amide bonds. The molecule has 1 aromatic carbocycles. The molecule has 3 aromatic rings. The van der Waals surface area contributed by atoms with Crippen LogP contribution < -0.4 is 11.2 Å². The molecule has 1 aliphatic rings. The predicted molar refractivity (Wildman–Crippen MR) is 122 cm³/mol. The zero-order chi connectivity index (χ0) is 23.2. The Kier molecular flexibility index (Phi) is 6.07. The van der Waals surface area contributed by atoms with Crippen molar-refractivity contribution in [1.82, 2.24) is 18.9 Å². The molecule has 7 nitrogen and oxygen atoms in total. The van der Waals surface area contributed by atoms with Gasteiger partial charge in [0.05, 0.1) is 5.39 Å². The van der Waals surface area contributed by atoms with Crippen LogP contribution in [0.5, 0.6) is 0 Å². The molecule has 0 radical (unpaired) electrons. The fraction of sp³-hybridized carbons (Fsp3) is 0.542. The lowest BCUT2D eigenvalue weighted by Crippen LogP contribution is -2.37. The highest BCUT2D eigenvalue weighted by molar-refractivity contribution is 5.87. The summed E-state index contributed by atoms with van der Waals surface area (Å²) < 4.78 is 18.6. The minimum atomic E-state index is -0.463. The summed E-state index contributed by atoms with van der Waals surface area (Å²) in [4.78, 5) is 27.2. The molecular formula is C24H31FN4O3. The van der Waals surface area contributed by atoms with Gasteiger partial charge in [-0.2, -0.15) is 4.68 Å². The van der Waals surface area contributed by atoms with E-state index in [0.29, 0.717) is 23.1 Å². The average Bonchev–Trinajstić information content (AvgIpc) is 3.09. The number of halogens is 1. The van der Waals surface area contributed by atoms with Crippen LogP contribution in [0, 0.1) is 11.7 Å². The summed E-state index contributed by atoms with van der Waals surface area (Å²) >= 11 is 0. The molecule has 1 fully saturated rings. The van der Waals surface area contributed by atoms with E-state index in [1.54, 1.807) is 10.6 Å². The van der Waals surface area contributed by atoms with E-state index in [-0.39, 0.29) is 35.9 Å². The molecule has 32 heavy (non-hydrogen) atoms. The van der Waals surface area contributed by atoms with Crippen molar-refractivity contribution in [3.63, 3.8) is 0 Å². The third-order valence-corrected chi connectivity index (χ3v) is 6.76. The second kappa shape index (κ2) is 8.65. The van der Waals surface area contributed by atoms with E-state index in [2.05, 4.69) is 12.0 Å². The number of pyridine rings is 1. The maximum Gasteiger partial charge on any atom is 0.352 e. The topological polar surface area (TPSA) is 82.0 Å². The lowest BCUT2D eigenvalue weighted by molar-refractivity contribution is 0.250. The third kappa shape index (κ3) is 3.50. The Morgan fingerprint density at radius 3 is 2.50 bits per heavy atom. The first-order valence-corrected chi connectivity index (χ1v) is 11.5. The van der Waals surface area contributed by atoms with Crippen LogP contribution in [0.4, 0.5) is 4.39 Å². The normalized spacial score (nSPS) is 19.2. The standard InChI is InChI=1S/C24H31FN4O3/c1-5-27-20(13-30)26-29(24(27)32)22-21(14(2)3)17-11-10-16(25)12-18(17)23(31)28(22)19-9-7-6-8-15(19)4/h10-12,14-15,19,30H,5-9,13H2,1-4H3/t15-,19-/m1/s1. The summed E-state index contributed by atoms with van der Waals surface area (Å²) in [5, 5.41) is 15.2. The van der Waals surface area contributed by atoms with Gasteiger partial charge < -0.3 is 5.11 Å². The highest BCUT2D eigenvalue weighted by Gasteiger charge is 2.31. The molecule has 0 spiro atoms. The smallest absolute Gasteiger partial charge is 0.352 e. The molecule has 8 heteroatoms. The zero-order valence-corrected chi connectivity index (χ0v) is 19.1. The Bertz CT molecular complexity index is 1270. The largest absolute Gasteiger partial charge is 0.388 e. The lowest BCUT2D eigenvalue weighted by Gasteiger charge is -2.33. The molecule has 2 aromatic heterocycles. The van der Waals surface area contributed by atoms with Crippen molar-refractivity contribution in [3.8, 4) is 5.82 Å². The minimum Gasteiger partial charge on any atom is -0.388 e. The van der Waals surface area contributed by atoms with Crippen LogP contribution in [0.3, 0.4) is 0 Å². The van der Waals surface area contributed by atoms with Crippen LogP contribution in [0.2, 0.25) is 0 Å². The van der Waals surface area contributed by atoms with Crippen molar-refractivity contribution >= 4 is 10.8 Å². The number of hydrogen-bond acceptors (Lipinski definition) is 4. The molecule has 0 aliphatic heterocycles. The van der Waals surface area contributed by atoms with Gasteiger partial charge in [0.15, 0.2) is 5.82 Å². The van der Waals surface area contributed by atoms with Crippen LogP contribution in [0.1, 0.15) is 76.7 Å². The van der Waals surface area contributed by atoms with E-state index in [9.17, 15) is 19.1 Å². The van der Waals surface area contributed by atoms with Gasteiger partial charge in [-0.15, -0.1) is 5.10 Å². The van der Waals surface area contributed by atoms with E-state index in [0.717, 1.165) is 31.2 Å². The number of fused-ring (bicyclic) bond motifs is 1. The van der Waals surface area contributed by atoms with Crippen LogP contribution in [-0.4, -0.2) is 24.0 Å². The number of aliphatic hydroxyl groups excluding tert-OH is 1. The highest BCUT2D eigenvalue weighted by atomic mass is 19.1. The highest BCUT2D eigenvalue weighted by Crippen LogP contribution is 2.37. The Morgan fingerprint density at radius 1 is 1.19 bits per heavy atom. The fourth-order valence-corrected chi connectivity index (χ4v) is 5.19. The van der Waals surface area contributed by atoms with Crippen molar-refractivity contribution in [1.29, 1.82) is 0 Å². The van der Waals surface area contributed by atoms with Crippen molar-refractivity contribution in [2.75, 3.05) is 0 Å². The minimum absolute atomic E-state index is 0.0556. The molecule has 2 heterocycles. The van der Waals surface area contributed by atoms with E-state index in [1.807, 2.05) is 20.8 Å². The van der Waals surface area contributed by atoms with Gasteiger partial charge in [-0.05, 0) is 49.1 Å². The van der Waals surface area contributed by atoms with Gasteiger partial charge in [0, 0.05) is 18.2 Å². The number of aromatic nitrogens is 4. The quantitative estimate of drug-likeness (QED) is 0.650. The van der Waals surface area contributed by atoms with Crippen LogP contribution in [-0.2, 0) is 13.2 Å². The van der Waals surface area contributed by atoms with Gasteiger partial charge >= 0.3 is 5.69 Å². The fourth-order valence-electron chi connectivity index (χ4n) is 5.19. The first kappa shape index (κ1) is 22.5. The predicted octanol–water partition coefficient (Wildman–Crippen LogP) is 3.87. The Labute approximate surface area is 186 Å². The third-order valence-electron chi connectivity index (χ3n) is 6.76. The number of benzene rings is 1. The number of nitrogens with zero attached hydrogens (tertiary/aromatic N) is 4. The van der Waals surface area contributed by atoms with E-state index >= 15 is 0 Å². The van der Waals surface area contributed by atoms with E-state index < -0.39 is 11.5 Å². The summed E-state index contributed by atoms with van der Waals surface area (Å²) in [5.41, 5.74) is 0.0855. The van der Waals surface area contributed by atoms with Gasteiger partial charge in [-0.25, -0.2) is 9.18 Å². The van der Waals surface area contributed by atoms with Crippen molar-refractivity contribution in [2.45, 2.75) is 78.5 Å². The summed E-state index contributed by atoms with van der Waals surface area (Å²) in [6.07, 6.45) is 3.87. The number of hydrogen-bond donors (Lipinski definition) is 1. The average molecular weight is 443 g/mol. The maximum atomic E-state index is 14.2. The molecular weight excluding hydrogens is 411 g/mol. The van der Waals surface area contributed by atoms with Crippen LogP contribution >= 0.6 is 0 Å². The number of aliphatic hydroxyl groups is 1. The molecule has 172 valence electrons. The van der Waals surface area contributed by atoms with E-state index in [1.165, 1.54) is 21.4 Å². The molecule has 1 saturated carbocycles. The van der Waals surface area contributed by atoms with Crippen molar-refractivity contribution in [3.05, 3.63) is 56.2 Å². The van der Waals surface area contributed by atoms with Crippen molar-refractivity contribution in [2.24, 2.45) is 5.92 Å². The van der Waals surface area contributed by atoms with Crippen LogP contribution in [0.15, 0.2) is 27.8 Å². The Hall–Kier alpha value is -2.74. The summed E-state index contributed by atoms with van der Waals surface area (Å²) in [6, 6.07) is 4.14. The molecule has 0 unspecified atom stereocenters. The summed E-state index contributed by atoms with van der Waals surface area (Å²) in [5.74, 6) is 0.402. The SMILES string of the molecule is CCn1c(CO)nn(-c2c(C(C)C)c3ccc(F)cc3c(=O)n2[C@@H]2CCCC[C@H]2C)c1=O. The van der Waals surface area contributed by atoms with Gasteiger partial charge in [-0.1, -0.05) is 39.7 Å². The summed E-state index contributed by atoms with van der Waals surface area (Å²) in [7, 11) is 0. The van der Waals surface area contributed by atoms with Gasteiger partial charge in [-0.3, -0.25) is 13.9 Å². The first-order chi connectivity index (χ1) is 15.3. The number of rotatable bonds is 5. The van der Waals surface area contributed by atoms with E-state index in [4.69, 9.17) is 0 Å². The second-order valence-electron chi connectivity index (χ2n) is 9.10.